The van der Waals surface area contributed by atoms with Gasteiger partial charge in [0.15, 0.2) is 0 Å². The molecule has 0 aromatic rings. The molecule has 3 N–H and O–H groups in total. The van der Waals surface area contributed by atoms with Crippen molar-refractivity contribution < 1.29 is 4.79 Å². The molecule has 0 radical (unpaired) electrons. The molecule has 4 heteroatoms. The summed E-state index contributed by atoms with van der Waals surface area (Å²) in [4.78, 5) is 13.1. The van der Waals surface area contributed by atoms with Gasteiger partial charge in [0.25, 0.3) is 0 Å². The van der Waals surface area contributed by atoms with Gasteiger partial charge in [-0.15, -0.1) is 0 Å². The molecule has 2 amide bonds. The molecule has 1 heterocycles. The lowest BCUT2D eigenvalue weighted by atomic mass is 9.89. The third-order valence-corrected chi connectivity index (χ3v) is 3.13. The van der Waals surface area contributed by atoms with Crippen molar-refractivity contribution >= 4 is 6.03 Å². The molecular weight excluding hydrogens is 178 g/mol. The number of nitrogens with two attached hydrogens (primary N) is 1. The molecule has 1 fully saturated rings. The zero-order chi connectivity index (χ0) is 10.6. The van der Waals surface area contributed by atoms with E-state index in [0.717, 1.165) is 37.8 Å². The average Bonchev–Trinajstić information content (AvgIpc) is 2.41. The lowest BCUT2D eigenvalue weighted by Gasteiger charge is -2.20. The Labute approximate surface area is 85.8 Å². The number of carbonyl (C=O) groups excluding carboxylic acids is 1. The van der Waals surface area contributed by atoms with E-state index in [1.165, 1.54) is 6.42 Å². The van der Waals surface area contributed by atoms with E-state index in [1.54, 1.807) is 0 Å². The standard InChI is InChI=1S/C10H21N3O/c1-8(2)9-4-3-6-13(7-5-9)10(14)12-11/h8-9H,3-7,11H2,1-2H3,(H,12,14). The normalized spacial score (nSPS) is 23.4. The van der Waals surface area contributed by atoms with Crippen molar-refractivity contribution in [1.82, 2.24) is 10.3 Å². The summed E-state index contributed by atoms with van der Waals surface area (Å²) in [5, 5.41) is 0. The van der Waals surface area contributed by atoms with Crippen LogP contribution in [0.2, 0.25) is 0 Å². The van der Waals surface area contributed by atoms with Crippen molar-refractivity contribution in [2.75, 3.05) is 13.1 Å². The van der Waals surface area contributed by atoms with Crippen molar-refractivity contribution in [2.24, 2.45) is 17.7 Å². The summed E-state index contributed by atoms with van der Waals surface area (Å²) in [6, 6.07) is -0.144. The minimum absolute atomic E-state index is 0.144. The maximum absolute atomic E-state index is 11.3. The summed E-state index contributed by atoms with van der Waals surface area (Å²) in [7, 11) is 0. The molecule has 0 spiro atoms. The number of amides is 2. The summed E-state index contributed by atoms with van der Waals surface area (Å²) in [5.41, 5.74) is 2.19. The lowest BCUT2D eigenvalue weighted by Crippen LogP contribution is -2.43. The average molecular weight is 199 g/mol. The number of urea groups is 1. The molecule has 0 bridgehead atoms. The number of likely N-dealkylation sites (tertiary alicyclic amines) is 1. The van der Waals surface area contributed by atoms with Gasteiger partial charge in [-0.05, 0) is 31.1 Å². The van der Waals surface area contributed by atoms with Gasteiger partial charge in [0.05, 0.1) is 0 Å². The number of hydrogen-bond acceptors (Lipinski definition) is 2. The van der Waals surface area contributed by atoms with E-state index in [0.29, 0.717) is 0 Å². The van der Waals surface area contributed by atoms with Crippen molar-refractivity contribution in [3.8, 4) is 0 Å². The Bertz CT molecular complexity index is 194. The van der Waals surface area contributed by atoms with Crippen LogP contribution in [-0.4, -0.2) is 24.0 Å². The topological polar surface area (TPSA) is 58.4 Å². The third kappa shape index (κ3) is 2.87. The van der Waals surface area contributed by atoms with Crippen molar-refractivity contribution in [1.29, 1.82) is 0 Å². The molecule has 1 rings (SSSR count). The fourth-order valence-corrected chi connectivity index (χ4v) is 2.08. The third-order valence-electron chi connectivity index (χ3n) is 3.13. The molecular formula is C10H21N3O. The van der Waals surface area contributed by atoms with Gasteiger partial charge in [0.2, 0.25) is 0 Å². The maximum atomic E-state index is 11.3. The highest BCUT2D eigenvalue weighted by Gasteiger charge is 2.21. The molecule has 1 aliphatic rings. The molecule has 82 valence electrons. The van der Waals surface area contributed by atoms with Gasteiger partial charge >= 0.3 is 6.03 Å². The van der Waals surface area contributed by atoms with E-state index in [1.807, 2.05) is 4.90 Å². The van der Waals surface area contributed by atoms with E-state index in [9.17, 15) is 4.79 Å². The fourth-order valence-electron chi connectivity index (χ4n) is 2.08. The zero-order valence-corrected chi connectivity index (χ0v) is 9.12. The molecule has 0 saturated carbocycles. The molecule has 1 aliphatic heterocycles. The SMILES string of the molecule is CC(C)C1CCCN(C(=O)NN)CC1. The largest absolute Gasteiger partial charge is 0.331 e. The minimum atomic E-state index is -0.144. The van der Waals surface area contributed by atoms with E-state index in [2.05, 4.69) is 19.3 Å². The number of carbonyl (C=O) groups is 1. The molecule has 14 heavy (non-hydrogen) atoms. The highest BCUT2D eigenvalue weighted by Crippen LogP contribution is 2.24. The van der Waals surface area contributed by atoms with Crippen LogP contribution in [0.4, 0.5) is 4.79 Å². The van der Waals surface area contributed by atoms with E-state index < -0.39 is 0 Å². The number of hydrazine groups is 1. The van der Waals surface area contributed by atoms with Crippen LogP contribution in [0.25, 0.3) is 0 Å². The van der Waals surface area contributed by atoms with Gasteiger partial charge in [-0.2, -0.15) is 0 Å². The van der Waals surface area contributed by atoms with Crippen LogP contribution in [0.15, 0.2) is 0 Å². The summed E-state index contributed by atoms with van der Waals surface area (Å²) < 4.78 is 0. The Morgan fingerprint density at radius 1 is 1.43 bits per heavy atom. The Morgan fingerprint density at radius 3 is 2.71 bits per heavy atom. The lowest BCUT2D eigenvalue weighted by molar-refractivity contribution is 0.198. The summed E-state index contributed by atoms with van der Waals surface area (Å²) >= 11 is 0. The highest BCUT2D eigenvalue weighted by atomic mass is 16.2. The maximum Gasteiger partial charge on any atom is 0.331 e. The Hall–Kier alpha value is -0.770. The van der Waals surface area contributed by atoms with Crippen molar-refractivity contribution in [3.05, 3.63) is 0 Å². The van der Waals surface area contributed by atoms with Crippen LogP contribution in [-0.2, 0) is 0 Å². The number of nitrogens with zero attached hydrogens (tertiary/aromatic N) is 1. The Balaban J connectivity index is 2.44. The molecule has 0 aliphatic carbocycles. The molecule has 1 unspecified atom stereocenters. The summed E-state index contributed by atoms with van der Waals surface area (Å²) in [5.74, 6) is 6.58. The number of rotatable bonds is 1. The number of nitrogens with one attached hydrogen (secondary N) is 1. The van der Waals surface area contributed by atoms with Crippen LogP contribution in [0, 0.1) is 11.8 Å². The number of hydrogen-bond donors (Lipinski definition) is 2. The monoisotopic (exact) mass is 199 g/mol. The molecule has 0 aromatic heterocycles. The van der Waals surface area contributed by atoms with Crippen molar-refractivity contribution in [2.45, 2.75) is 33.1 Å². The fraction of sp³-hybridized carbons (Fsp3) is 0.900. The first-order valence-corrected chi connectivity index (χ1v) is 5.40. The second kappa shape index (κ2) is 5.20. The highest BCUT2D eigenvalue weighted by molar-refractivity contribution is 5.73. The molecule has 0 aromatic carbocycles. The molecule has 4 nitrogen and oxygen atoms in total. The first-order valence-electron chi connectivity index (χ1n) is 5.40. The Kier molecular flexibility index (Phi) is 4.20. The van der Waals surface area contributed by atoms with E-state index in [-0.39, 0.29) is 6.03 Å². The van der Waals surface area contributed by atoms with Crippen LogP contribution in [0.5, 0.6) is 0 Å². The quantitative estimate of drug-likeness (QED) is 0.380. The van der Waals surface area contributed by atoms with E-state index in [4.69, 9.17) is 5.84 Å². The predicted octanol–water partition coefficient (Wildman–Crippen LogP) is 1.33. The van der Waals surface area contributed by atoms with Crippen LogP contribution >= 0.6 is 0 Å². The smallest absolute Gasteiger partial charge is 0.324 e. The Morgan fingerprint density at radius 2 is 2.14 bits per heavy atom. The summed E-state index contributed by atoms with van der Waals surface area (Å²) in [6.07, 6.45) is 3.42. The van der Waals surface area contributed by atoms with E-state index >= 15 is 0 Å². The first kappa shape index (κ1) is 11.3. The van der Waals surface area contributed by atoms with Crippen LogP contribution in [0.1, 0.15) is 33.1 Å². The zero-order valence-electron chi connectivity index (χ0n) is 9.12. The second-order valence-corrected chi connectivity index (χ2v) is 4.37. The van der Waals surface area contributed by atoms with Gasteiger partial charge in [0.1, 0.15) is 0 Å². The van der Waals surface area contributed by atoms with Gasteiger partial charge in [-0.1, -0.05) is 13.8 Å². The molecule has 1 atom stereocenters. The van der Waals surface area contributed by atoms with Crippen LogP contribution in [0.3, 0.4) is 0 Å². The van der Waals surface area contributed by atoms with Gasteiger partial charge in [-0.25, -0.2) is 10.6 Å². The minimum Gasteiger partial charge on any atom is -0.324 e. The van der Waals surface area contributed by atoms with Gasteiger partial charge in [-0.3, -0.25) is 5.43 Å². The van der Waals surface area contributed by atoms with Crippen molar-refractivity contribution in [3.63, 3.8) is 0 Å². The first-order chi connectivity index (χ1) is 6.65. The molecule has 1 saturated heterocycles. The predicted molar refractivity (Wildman–Crippen MR) is 56.5 cm³/mol. The van der Waals surface area contributed by atoms with Crippen LogP contribution < -0.4 is 11.3 Å². The van der Waals surface area contributed by atoms with Gasteiger partial charge in [0, 0.05) is 13.1 Å². The second-order valence-electron chi connectivity index (χ2n) is 4.37. The van der Waals surface area contributed by atoms with Gasteiger partial charge < -0.3 is 4.90 Å². The summed E-state index contributed by atoms with van der Waals surface area (Å²) in [6.45, 7) is 6.19.